The first-order valence-corrected chi connectivity index (χ1v) is 30.0. The van der Waals surface area contributed by atoms with Gasteiger partial charge in [-0.15, -0.1) is 0 Å². The normalized spacial score (nSPS) is 23.8. The van der Waals surface area contributed by atoms with Crippen LogP contribution in [0.5, 0.6) is 0 Å². The predicted octanol–water partition coefficient (Wildman–Crippen LogP) is 14.4. The van der Waals surface area contributed by atoms with Gasteiger partial charge in [-0.25, -0.2) is 9.97 Å². The molecule has 424 valence electrons. The first kappa shape index (κ1) is 60.3. The van der Waals surface area contributed by atoms with Gasteiger partial charge in [0.05, 0.1) is 23.9 Å². The number of carbonyl (C=O) groups is 1. The summed E-state index contributed by atoms with van der Waals surface area (Å²) >= 11 is 0. The SMILES string of the molecule is C.CC(C)CCCC(C)C.CC1(C)CCC(C)(C)c2cc(-c3cccc(N4CCN(CC5CC5CO)CC4)n3)ccc21.CCOC(=O)C1CC1CN1CCN(c2cccc(-c3ccc4c(c3)C(C)(C)CCC4(C)C)n2)CC1. The zero-order chi connectivity index (χ0) is 54.6. The molecule has 9 heteroatoms. The molecule has 2 aromatic heterocycles. The lowest BCUT2D eigenvalue weighted by Crippen LogP contribution is -2.47. The highest BCUT2D eigenvalue weighted by Crippen LogP contribution is 2.48. The van der Waals surface area contributed by atoms with E-state index in [-0.39, 0.29) is 41.0 Å². The van der Waals surface area contributed by atoms with Crippen LogP contribution in [-0.4, -0.2) is 110 Å². The monoisotopic (exact) mass is 1050 g/mol. The number of benzene rings is 2. The molecule has 9 nitrogen and oxygen atoms in total. The van der Waals surface area contributed by atoms with Gasteiger partial charge in [0.1, 0.15) is 11.6 Å². The standard InChI is InChI=1S/C30H41N3O2.C28H39N3O.C9H20.CH4/c1-6-35-28(34)23-18-22(23)20-32-14-16-33(17-15-32)27-9-7-8-26(31-27)21-10-11-24-25(19-21)30(4,5)13-12-29(24,2)3;1-27(2)10-11-28(3,4)24-17-20(8-9-23(24)27)25-6-5-7-26(29-25)31-14-12-30(13-15-31)18-21-16-22(21)19-32;1-8(2)6-5-7-9(3)4;/h7-11,19,22-23H,6,12-18,20H2,1-5H3;5-9,17,21-22,32H,10-16,18-19H2,1-4H3;8-9H,5-7H2,1-4H3;1H4. The molecule has 2 saturated heterocycles. The number of aromatic nitrogens is 2. The minimum Gasteiger partial charge on any atom is -0.466 e. The van der Waals surface area contributed by atoms with E-state index in [2.05, 4.69) is 175 Å². The van der Waals surface area contributed by atoms with E-state index in [9.17, 15) is 9.90 Å². The van der Waals surface area contributed by atoms with E-state index in [0.29, 0.717) is 31.0 Å². The topological polar surface area (TPSA) is 85.3 Å². The predicted molar refractivity (Wildman–Crippen MR) is 324 cm³/mol. The first-order chi connectivity index (χ1) is 36.1. The van der Waals surface area contributed by atoms with Crippen molar-refractivity contribution >= 4 is 17.6 Å². The minimum absolute atomic E-state index is 0. The zero-order valence-electron chi connectivity index (χ0n) is 49.7. The number of anilines is 2. The Morgan fingerprint density at radius 2 is 0.987 bits per heavy atom. The second-order valence-electron chi connectivity index (χ2n) is 27.4. The maximum Gasteiger partial charge on any atom is 0.309 e. The van der Waals surface area contributed by atoms with Crippen LogP contribution in [-0.2, 0) is 31.2 Å². The summed E-state index contributed by atoms with van der Waals surface area (Å²) in [6, 6.07) is 27.0. The van der Waals surface area contributed by atoms with Gasteiger partial charge in [-0.3, -0.25) is 14.6 Å². The molecule has 0 amide bonds. The van der Waals surface area contributed by atoms with Crippen LogP contribution in [0, 0.1) is 35.5 Å². The molecule has 10 rings (SSSR count). The van der Waals surface area contributed by atoms with Gasteiger partial charge in [-0.05, 0) is 155 Å². The summed E-state index contributed by atoms with van der Waals surface area (Å²) in [5.41, 5.74) is 11.4. The van der Waals surface area contributed by atoms with Crippen molar-refractivity contribution in [3.63, 3.8) is 0 Å². The van der Waals surface area contributed by atoms with Crippen molar-refractivity contribution < 1.29 is 14.6 Å². The number of piperazine rings is 2. The third-order valence-electron chi connectivity index (χ3n) is 18.5. The molecule has 4 unspecified atom stereocenters. The van der Waals surface area contributed by atoms with E-state index >= 15 is 0 Å². The Morgan fingerprint density at radius 3 is 1.38 bits per heavy atom. The molecule has 4 heterocycles. The third-order valence-corrected chi connectivity index (χ3v) is 18.5. The Morgan fingerprint density at radius 1 is 0.571 bits per heavy atom. The summed E-state index contributed by atoms with van der Waals surface area (Å²) in [5.74, 6) is 5.80. The molecule has 0 bridgehead atoms. The second kappa shape index (κ2) is 25.4. The highest BCUT2D eigenvalue weighted by atomic mass is 16.5. The second-order valence-corrected chi connectivity index (χ2v) is 27.4. The van der Waals surface area contributed by atoms with Crippen molar-refractivity contribution in [1.82, 2.24) is 19.8 Å². The number of aliphatic hydroxyl groups is 1. The van der Waals surface area contributed by atoms with Gasteiger partial charge in [-0.1, -0.05) is 146 Å². The Bertz CT molecular complexity index is 2540. The van der Waals surface area contributed by atoms with Crippen molar-refractivity contribution in [3.05, 3.63) is 95.1 Å². The van der Waals surface area contributed by atoms with Crippen LogP contribution in [0.1, 0.15) is 177 Å². The number of rotatable bonds is 15. The van der Waals surface area contributed by atoms with Crippen molar-refractivity contribution in [1.29, 1.82) is 0 Å². The number of esters is 1. The van der Waals surface area contributed by atoms with Crippen LogP contribution in [0.3, 0.4) is 0 Å². The lowest BCUT2D eigenvalue weighted by atomic mass is 9.63. The molecule has 0 radical (unpaired) electrons. The van der Waals surface area contributed by atoms with Gasteiger partial charge in [0.2, 0.25) is 0 Å². The van der Waals surface area contributed by atoms with Crippen LogP contribution in [0.4, 0.5) is 11.6 Å². The highest BCUT2D eigenvalue weighted by Gasteiger charge is 2.45. The number of hydrogen-bond acceptors (Lipinski definition) is 9. The number of nitrogens with zero attached hydrogens (tertiary/aromatic N) is 6. The molecular formula is C68H104N6O3. The summed E-state index contributed by atoms with van der Waals surface area (Å²) in [4.78, 5) is 32.0. The Balaban J connectivity index is 0.000000192. The number of ether oxygens (including phenoxy) is 1. The lowest BCUT2D eigenvalue weighted by Gasteiger charge is -2.42. The molecule has 2 aromatic carbocycles. The summed E-state index contributed by atoms with van der Waals surface area (Å²) in [6.45, 7) is 41.3. The van der Waals surface area contributed by atoms with Gasteiger partial charge >= 0.3 is 5.97 Å². The number of fused-ring (bicyclic) bond motifs is 2. The number of carbonyl (C=O) groups excluding carboxylic acids is 1. The van der Waals surface area contributed by atoms with E-state index < -0.39 is 0 Å². The van der Waals surface area contributed by atoms with E-state index in [1.165, 1.54) is 84.7 Å². The summed E-state index contributed by atoms with van der Waals surface area (Å²) in [6.07, 6.45) is 11.3. The maximum absolute atomic E-state index is 11.9. The van der Waals surface area contributed by atoms with E-state index in [4.69, 9.17) is 14.7 Å². The summed E-state index contributed by atoms with van der Waals surface area (Å²) in [7, 11) is 0. The molecule has 2 aliphatic heterocycles. The fourth-order valence-electron chi connectivity index (χ4n) is 12.7. The average molecular weight is 1050 g/mol. The number of hydrogen-bond donors (Lipinski definition) is 1. The minimum atomic E-state index is -0.00807. The fraction of sp³-hybridized carbons (Fsp3) is 0.662. The molecule has 2 saturated carbocycles. The molecule has 4 fully saturated rings. The van der Waals surface area contributed by atoms with E-state index in [1.807, 2.05) is 6.92 Å². The van der Waals surface area contributed by atoms with Crippen LogP contribution in [0.2, 0.25) is 0 Å². The van der Waals surface area contributed by atoms with Crippen LogP contribution < -0.4 is 9.80 Å². The quantitative estimate of drug-likeness (QED) is 0.117. The van der Waals surface area contributed by atoms with Gasteiger partial charge in [0.15, 0.2) is 0 Å². The Hall–Kier alpha value is -4.31. The van der Waals surface area contributed by atoms with Crippen molar-refractivity contribution in [2.75, 3.05) is 88.5 Å². The molecule has 77 heavy (non-hydrogen) atoms. The summed E-state index contributed by atoms with van der Waals surface area (Å²) in [5, 5.41) is 9.30. The zero-order valence-corrected chi connectivity index (χ0v) is 49.7. The first-order valence-electron chi connectivity index (χ1n) is 30.0. The van der Waals surface area contributed by atoms with E-state index in [1.54, 1.807) is 0 Å². The van der Waals surface area contributed by atoms with Crippen LogP contribution in [0.15, 0.2) is 72.8 Å². The smallest absolute Gasteiger partial charge is 0.309 e. The van der Waals surface area contributed by atoms with Gasteiger partial charge in [0.25, 0.3) is 0 Å². The average Bonchev–Trinajstić information content (AvgIpc) is 4.36. The highest BCUT2D eigenvalue weighted by molar-refractivity contribution is 5.75. The molecule has 4 atom stereocenters. The third kappa shape index (κ3) is 15.3. The fourth-order valence-corrected chi connectivity index (χ4v) is 12.7. The Labute approximate surface area is 468 Å². The van der Waals surface area contributed by atoms with Gasteiger partial charge < -0.3 is 19.6 Å². The lowest BCUT2D eigenvalue weighted by molar-refractivity contribution is -0.145. The van der Waals surface area contributed by atoms with Crippen molar-refractivity contribution in [3.8, 4) is 22.5 Å². The molecule has 4 aromatic rings. The Kier molecular flexibility index (Phi) is 19.9. The van der Waals surface area contributed by atoms with Gasteiger partial charge in [0, 0.05) is 83.2 Å². The number of pyridine rings is 2. The molecule has 4 aliphatic carbocycles. The van der Waals surface area contributed by atoms with Crippen LogP contribution >= 0.6 is 0 Å². The summed E-state index contributed by atoms with van der Waals surface area (Å²) < 4.78 is 5.19. The van der Waals surface area contributed by atoms with Crippen molar-refractivity contribution in [2.24, 2.45) is 35.5 Å². The molecule has 1 N–H and O–H groups in total. The van der Waals surface area contributed by atoms with Crippen molar-refractivity contribution in [2.45, 2.75) is 177 Å². The molecule has 0 spiro atoms. The van der Waals surface area contributed by atoms with Gasteiger partial charge in [-0.2, -0.15) is 0 Å². The number of aliphatic hydroxyl groups excluding tert-OH is 1. The maximum atomic E-state index is 11.9. The van der Waals surface area contributed by atoms with E-state index in [0.717, 1.165) is 107 Å². The van der Waals surface area contributed by atoms with Crippen LogP contribution in [0.25, 0.3) is 22.5 Å². The molecule has 6 aliphatic rings. The molecular weight excluding hydrogens is 949 g/mol. The largest absolute Gasteiger partial charge is 0.466 e.